The van der Waals surface area contributed by atoms with E-state index in [1.807, 2.05) is 42.5 Å². The van der Waals surface area contributed by atoms with Gasteiger partial charge in [-0.2, -0.15) is 5.26 Å². The molecule has 4 heteroatoms. The predicted molar refractivity (Wildman–Crippen MR) is 98.1 cm³/mol. The number of para-hydroxylation sites is 1. The van der Waals surface area contributed by atoms with E-state index in [9.17, 15) is 10.1 Å². The van der Waals surface area contributed by atoms with Crippen LogP contribution < -0.4 is 0 Å². The maximum atomic E-state index is 12.8. The second-order valence-corrected chi connectivity index (χ2v) is 6.44. The first kappa shape index (κ1) is 14.7. The minimum atomic E-state index is -0.153. The van der Waals surface area contributed by atoms with Crippen LogP contribution in [0.3, 0.4) is 0 Å². The van der Waals surface area contributed by atoms with Gasteiger partial charge >= 0.3 is 0 Å². The average Bonchev–Trinajstić information content (AvgIpc) is 2.99. The van der Waals surface area contributed by atoms with E-state index in [0.717, 1.165) is 20.8 Å². The number of nitriles is 1. The number of halogens is 1. The van der Waals surface area contributed by atoms with Gasteiger partial charge in [0.25, 0.3) is 0 Å². The summed E-state index contributed by atoms with van der Waals surface area (Å²) in [4.78, 5) is 16.1. The van der Waals surface area contributed by atoms with Gasteiger partial charge in [-0.1, -0.05) is 40.2 Å². The summed E-state index contributed by atoms with van der Waals surface area (Å²) in [5, 5.41) is 11.7. The molecule has 1 heterocycles. The molecule has 24 heavy (non-hydrogen) atoms. The number of nitrogens with one attached hydrogen (secondary N) is 1. The second-order valence-electron chi connectivity index (χ2n) is 5.53. The molecule has 0 aliphatic rings. The molecule has 0 spiro atoms. The molecule has 0 fully saturated rings. The van der Waals surface area contributed by atoms with Gasteiger partial charge < -0.3 is 4.98 Å². The Morgan fingerprint density at radius 3 is 2.46 bits per heavy atom. The minimum Gasteiger partial charge on any atom is -0.353 e. The quantitative estimate of drug-likeness (QED) is 0.491. The summed E-state index contributed by atoms with van der Waals surface area (Å²) in [6.07, 6.45) is 0. The van der Waals surface area contributed by atoms with Gasteiger partial charge in [0.05, 0.1) is 11.1 Å². The molecule has 114 valence electrons. The smallest absolute Gasteiger partial charge is 0.194 e. The topological polar surface area (TPSA) is 56.6 Å². The van der Waals surface area contributed by atoms with Crippen molar-refractivity contribution in [2.24, 2.45) is 0 Å². The van der Waals surface area contributed by atoms with Crippen molar-refractivity contribution in [1.29, 1.82) is 5.26 Å². The van der Waals surface area contributed by atoms with Crippen molar-refractivity contribution in [3.63, 3.8) is 0 Å². The molecule has 3 aromatic carbocycles. The van der Waals surface area contributed by atoms with Crippen molar-refractivity contribution in [2.75, 3.05) is 0 Å². The molecule has 0 atom stereocenters. The van der Waals surface area contributed by atoms with Crippen LogP contribution in [0.5, 0.6) is 0 Å². The number of rotatable bonds is 2. The lowest BCUT2D eigenvalue weighted by molar-refractivity contribution is 0.103. The Labute approximate surface area is 146 Å². The molecular weight excluding hydrogens is 364 g/mol. The van der Waals surface area contributed by atoms with E-state index >= 15 is 0 Å². The van der Waals surface area contributed by atoms with Crippen LogP contribution in [0.25, 0.3) is 21.8 Å². The number of fused-ring (bicyclic) bond motifs is 3. The zero-order valence-electron chi connectivity index (χ0n) is 12.5. The third kappa shape index (κ3) is 2.22. The number of aromatic nitrogens is 1. The molecule has 0 aliphatic heterocycles. The Hall–Kier alpha value is -2.90. The normalized spacial score (nSPS) is 10.8. The zero-order valence-corrected chi connectivity index (χ0v) is 14.1. The lowest BCUT2D eigenvalue weighted by atomic mass is 9.96. The number of carbonyl (C=O) groups is 1. The Balaban J connectivity index is 1.96. The fraction of sp³-hybridized carbons (Fsp3) is 0. The van der Waals surface area contributed by atoms with Crippen molar-refractivity contribution in [1.82, 2.24) is 4.98 Å². The Bertz CT molecular complexity index is 1130. The molecule has 1 aromatic heterocycles. The van der Waals surface area contributed by atoms with Gasteiger partial charge in [0, 0.05) is 31.9 Å². The number of carbonyl (C=O) groups excluding carboxylic acids is 1. The highest BCUT2D eigenvalue weighted by Crippen LogP contribution is 2.30. The number of nitrogens with zero attached hydrogens (tertiary/aromatic N) is 1. The van der Waals surface area contributed by atoms with Gasteiger partial charge in [-0.05, 0) is 36.4 Å². The summed E-state index contributed by atoms with van der Waals surface area (Å²) in [6, 6.07) is 20.9. The van der Waals surface area contributed by atoms with Crippen LogP contribution in [0.4, 0.5) is 0 Å². The summed E-state index contributed by atoms with van der Waals surface area (Å²) in [6.45, 7) is 0. The highest BCUT2D eigenvalue weighted by molar-refractivity contribution is 9.10. The number of hydrogen-bond acceptors (Lipinski definition) is 2. The van der Waals surface area contributed by atoms with E-state index in [1.54, 1.807) is 18.2 Å². The maximum absolute atomic E-state index is 12.8. The third-order valence-corrected chi connectivity index (χ3v) is 4.67. The second kappa shape index (κ2) is 5.63. The summed E-state index contributed by atoms with van der Waals surface area (Å²) in [5.41, 5.74) is 3.03. The maximum Gasteiger partial charge on any atom is 0.194 e. The highest BCUT2D eigenvalue weighted by Gasteiger charge is 2.18. The van der Waals surface area contributed by atoms with Crippen LogP contribution in [0.2, 0.25) is 0 Å². The molecule has 0 saturated carbocycles. The SMILES string of the molecule is N#Cc1c(C(=O)c2ccc(Br)cc2)ccc2c1[nH]c1ccccc12. The molecule has 3 nitrogen and oxygen atoms in total. The lowest BCUT2D eigenvalue weighted by Crippen LogP contribution is -2.04. The minimum absolute atomic E-state index is 0.153. The molecule has 0 aliphatic carbocycles. The first-order valence-electron chi connectivity index (χ1n) is 7.43. The molecule has 0 bridgehead atoms. The summed E-state index contributed by atoms with van der Waals surface area (Å²) >= 11 is 3.36. The lowest BCUT2D eigenvalue weighted by Gasteiger charge is -2.05. The largest absolute Gasteiger partial charge is 0.353 e. The summed E-state index contributed by atoms with van der Waals surface area (Å²) in [5.74, 6) is -0.153. The molecule has 4 rings (SSSR count). The van der Waals surface area contributed by atoms with Gasteiger partial charge in [0.15, 0.2) is 5.78 Å². The van der Waals surface area contributed by atoms with E-state index in [2.05, 4.69) is 27.0 Å². The van der Waals surface area contributed by atoms with E-state index in [4.69, 9.17) is 0 Å². The molecule has 4 aromatic rings. The van der Waals surface area contributed by atoms with E-state index in [-0.39, 0.29) is 5.78 Å². The number of benzene rings is 3. The van der Waals surface area contributed by atoms with Crippen molar-refractivity contribution >= 4 is 43.5 Å². The average molecular weight is 375 g/mol. The Morgan fingerprint density at radius 1 is 0.958 bits per heavy atom. The molecule has 0 amide bonds. The van der Waals surface area contributed by atoms with Gasteiger partial charge in [0.2, 0.25) is 0 Å². The van der Waals surface area contributed by atoms with Crippen LogP contribution in [0.1, 0.15) is 21.5 Å². The van der Waals surface area contributed by atoms with Gasteiger partial charge in [-0.15, -0.1) is 0 Å². The van der Waals surface area contributed by atoms with Crippen molar-refractivity contribution < 1.29 is 4.79 Å². The number of aromatic amines is 1. The zero-order chi connectivity index (χ0) is 16.7. The van der Waals surface area contributed by atoms with Crippen LogP contribution in [-0.4, -0.2) is 10.8 Å². The van der Waals surface area contributed by atoms with E-state index in [1.165, 1.54) is 0 Å². The number of H-pyrrole nitrogens is 1. The summed E-state index contributed by atoms with van der Waals surface area (Å²) < 4.78 is 0.908. The molecule has 1 N–H and O–H groups in total. The molecular formula is C20H11BrN2O. The highest BCUT2D eigenvalue weighted by atomic mass is 79.9. The van der Waals surface area contributed by atoms with Crippen molar-refractivity contribution in [3.8, 4) is 6.07 Å². The number of ketones is 1. The first-order chi connectivity index (χ1) is 11.7. The molecule has 0 unspecified atom stereocenters. The first-order valence-corrected chi connectivity index (χ1v) is 8.22. The van der Waals surface area contributed by atoms with Crippen molar-refractivity contribution in [3.05, 3.63) is 81.8 Å². The molecule has 0 saturated heterocycles. The van der Waals surface area contributed by atoms with Crippen LogP contribution in [-0.2, 0) is 0 Å². The van der Waals surface area contributed by atoms with Gasteiger partial charge in [-0.3, -0.25) is 4.79 Å². The fourth-order valence-corrected chi connectivity index (χ4v) is 3.25. The Kier molecular flexibility index (Phi) is 3.44. The van der Waals surface area contributed by atoms with Crippen LogP contribution in [0.15, 0.2) is 65.1 Å². The van der Waals surface area contributed by atoms with Crippen LogP contribution >= 0.6 is 15.9 Å². The van der Waals surface area contributed by atoms with E-state index in [0.29, 0.717) is 22.2 Å². The summed E-state index contributed by atoms with van der Waals surface area (Å²) in [7, 11) is 0. The van der Waals surface area contributed by atoms with Crippen LogP contribution in [0, 0.1) is 11.3 Å². The van der Waals surface area contributed by atoms with Crippen molar-refractivity contribution in [2.45, 2.75) is 0 Å². The standard InChI is InChI=1S/C20H11BrN2O/c21-13-7-5-12(6-8-13)20(24)16-10-9-15-14-3-1-2-4-18(14)23-19(15)17(16)11-22/h1-10,23H. The Morgan fingerprint density at radius 2 is 1.71 bits per heavy atom. The predicted octanol–water partition coefficient (Wildman–Crippen LogP) is 5.19. The van der Waals surface area contributed by atoms with E-state index < -0.39 is 0 Å². The number of hydrogen-bond donors (Lipinski definition) is 1. The van der Waals surface area contributed by atoms with Gasteiger partial charge in [0.1, 0.15) is 6.07 Å². The molecule has 0 radical (unpaired) electrons. The fourth-order valence-electron chi connectivity index (χ4n) is 2.98. The monoisotopic (exact) mass is 374 g/mol. The van der Waals surface area contributed by atoms with Gasteiger partial charge in [-0.25, -0.2) is 0 Å². The third-order valence-electron chi connectivity index (χ3n) is 4.15.